The SMILES string of the molecule is CO[C@@H](C)c1cccc(NC(=O)C(=O)N[C@H](C)c2cccnc2)c1. The third kappa shape index (κ3) is 4.63. The van der Waals surface area contributed by atoms with Crippen LogP contribution in [0.5, 0.6) is 0 Å². The number of nitrogens with one attached hydrogen (secondary N) is 2. The average molecular weight is 327 g/mol. The zero-order chi connectivity index (χ0) is 17.5. The van der Waals surface area contributed by atoms with Crippen LogP contribution in [0.25, 0.3) is 0 Å². The van der Waals surface area contributed by atoms with Gasteiger partial charge in [-0.2, -0.15) is 0 Å². The predicted octanol–water partition coefficient (Wildman–Crippen LogP) is 2.60. The van der Waals surface area contributed by atoms with Crippen LogP contribution in [-0.2, 0) is 14.3 Å². The first kappa shape index (κ1) is 17.6. The maximum atomic E-state index is 12.1. The maximum Gasteiger partial charge on any atom is 0.313 e. The van der Waals surface area contributed by atoms with E-state index in [1.807, 2.05) is 19.1 Å². The number of hydrogen-bond donors (Lipinski definition) is 2. The molecule has 2 N–H and O–H groups in total. The summed E-state index contributed by atoms with van der Waals surface area (Å²) in [5.41, 5.74) is 2.29. The predicted molar refractivity (Wildman–Crippen MR) is 91.3 cm³/mol. The van der Waals surface area contributed by atoms with Crippen molar-refractivity contribution in [2.24, 2.45) is 0 Å². The highest BCUT2D eigenvalue weighted by Crippen LogP contribution is 2.19. The van der Waals surface area contributed by atoms with E-state index in [0.29, 0.717) is 5.69 Å². The fourth-order valence-electron chi connectivity index (χ4n) is 2.17. The van der Waals surface area contributed by atoms with Gasteiger partial charge in [0.25, 0.3) is 0 Å². The summed E-state index contributed by atoms with van der Waals surface area (Å²) in [6, 6.07) is 10.5. The molecule has 2 atom stereocenters. The van der Waals surface area contributed by atoms with Crippen LogP contribution in [0.4, 0.5) is 5.69 Å². The molecular weight excluding hydrogens is 306 g/mol. The molecule has 0 aliphatic rings. The number of benzene rings is 1. The number of aromatic nitrogens is 1. The minimum atomic E-state index is -0.715. The fourth-order valence-corrected chi connectivity index (χ4v) is 2.17. The average Bonchev–Trinajstić information content (AvgIpc) is 2.61. The Morgan fingerprint density at radius 3 is 2.50 bits per heavy atom. The Bertz CT molecular complexity index is 704. The van der Waals surface area contributed by atoms with Gasteiger partial charge in [0.1, 0.15) is 0 Å². The van der Waals surface area contributed by atoms with Crippen molar-refractivity contribution >= 4 is 17.5 Å². The molecule has 0 saturated carbocycles. The van der Waals surface area contributed by atoms with E-state index in [1.54, 1.807) is 50.7 Å². The van der Waals surface area contributed by atoms with E-state index >= 15 is 0 Å². The van der Waals surface area contributed by atoms with Crippen molar-refractivity contribution in [2.45, 2.75) is 26.0 Å². The Morgan fingerprint density at radius 1 is 1.08 bits per heavy atom. The molecule has 2 amide bonds. The van der Waals surface area contributed by atoms with E-state index in [0.717, 1.165) is 11.1 Å². The second-order valence-electron chi connectivity index (χ2n) is 5.44. The van der Waals surface area contributed by atoms with E-state index in [-0.39, 0.29) is 12.1 Å². The number of hydrogen-bond acceptors (Lipinski definition) is 4. The molecule has 0 spiro atoms. The molecule has 24 heavy (non-hydrogen) atoms. The second kappa shape index (κ2) is 8.21. The van der Waals surface area contributed by atoms with Gasteiger partial charge in [-0.05, 0) is 43.2 Å². The van der Waals surface area contributed by atoms with Gasteiger partial charge in [0, 0.05) is 25.2 Å². The van der Waals surface area contributed by atoms with Gasteiger partial charge < -0.3 is 15.4 Å². The second-order valence-corrected chi connectivity index (χ2v) is 5.44. The number of nitrogens with zero attached hydrogens (tertiary/aromatic N) is 1. The molecule has 0 bridgehead atoms. The minimum absolute atomic E-state index is 0.0960. The summed E-state index contributed by atoms with van der Waals surface area (Å²) in [5, 5.41) is 5.24. The van der Waals surface area contributed by atoms with Gasteiger partial charge >= 0.3 is 11.8 Å². The van der Waals surface area contributed by atoms with Crippen molar-refractivity contribution in [3.05, 3.63) is 59.9 Å². The summed E-state index contributed by atoms with van der Waals surface area (Å²) in [5.74, 6) is -1.41. The Kier molecular flexibility index (Phi) is 6.03. The Balaban J connectivity index is 1.98. The van der Waals surface area contributed by atoms with Crippen LogP contribution in [0.2, 0.25) is 0 Å². The highest BCUT2D eigenvalue weighted by atomic mass is 16.5. The summed E-state index contributed by atoms with van der Waals surface area (Å²) in [6.07, 6.45) is 3.21. The van der Waals surface area contributed by atoms with E-state index in [4.69, 9.17) is 4.74 Å². The van der Waals surface area contributed by atoms with Gasteiger partial charge in [0.2, 0.25) is 0 Å². The lowest BCUT2D eigenvalue weighted by Crippen LogP contribution is -2.36. The fraction of sp³-hybridized carbons (Fsp3) is 0.278. The first-order valence-corrected chi connectivity index (χ1v) is 7.65. The molecule has 6 nitrogen and oxygen atoms in total. The van der Waals surface area contributed by atoms with Crippen LogP contribution in [0.3, 0.4) is 0 Å². The molecule has 1 aromatic carbocycles. The Morgan fingerprint density at radius 2 is 1.83 bits per heavy atom. The lowest BCUT2D eigenvalue weighted by Gasteiger charge is -2.14. The van der Waals surface area contributed by atoms with Gasteiger partial charge in [-0.1, -0.05) is 18.2 Å². The molecule has 6 heteroatoms. The zero-order valence-electron chi connectivity index (χ0n) is 13.9. The third-order valence-electron chi connectivity index (χ3n) is 3.71. The smallest absolute Gasteiger partial charge is 0.313 e. The molecule has 1 aromatic heterocycles. The van der Waals surface area contributed by atoms with Crippen LogP contribution >= 0.6 is 0 Å². The molecule has 2 rings (SSSR count). The number of anilines is 1. The van der Waals surface area contributed by atoms with Crippen LogP contribution in [0.1, 0.15) is 37.1 Å². The summed E-state index contributed by atoms with van der Waals surface area (Å²) >= 11 is 0. The van der Waals surface area contributed by atoms with Crippen molar-refractivity contribution in [3.8, 4) is 0 Å². The molecule has 0 fully saturated rings. The summed E-state index contributed by atoms with van der Waals surface area (Å²) in [6.45, 7) is 3.70. The number of carbonyl (C=O) groups is 2. The number of amides is 2. The van der Waals surface area contributed by atoms with Gasteiger partial charge in [0.15, 0.2) is 0 Å². The lowest BCUT2D eigenvalue weighted by atomic mass is 10.1. The minimum Gasteiger partial charge on any atom is -0.377 e. The van der Waals surface area contributed by atoms with Gasteiger partial charge in [-0.15, -0.1) is 0 Å². The standard InChI is InChI=1S/C18H21N3O3/c1-12(15-7-5-9-19-11-15)20-17(22)18(23)21-16-8-4-6-14(10-16)13(2)24-3/h4-13H,1-3H3,(H,20,22)(H,21,23)/t12-,13+/m1/s1. The van der Waals surface area contributed by atoms with E-state index < -0.39 is 11.8 Å². The zero-order valence-corrected chi connectivity index (χ0v) is 13.9. The molecule has 0 radical (unpaired) electrons. The molecule has 0 unspecified atom stereocenters. The first-order valence-electron chi connectivity index (χ1n) is 7.65. The molecule has 0 saturated heterocycles. The van der Waals surface area contributed by atoms with Crippen LogP contribution < -0.4 is 10.6 Å². The summed E-state index contributed by atoms with van der Waals surface area (Å²) in [7, 11) is 1.61. The van der Waals surface area contributed by atoms with Crippen LogP contribution in [0, 0.1) is 0 Å². The summed E-state index contributed by atoms with van der Waals surface area (Å²) in [4.78, 5) is 28.1. The summed E-state index contributed by atoms with van der Waals surface area (Å²) < 4.78 is 5.25. The monoisotopic (exact) mass is 327 g/mol. The molecule has 126 valence electrons. The highest BCUT2D eigenvalue weighted by molar-refractivity contribution is 6.39. The molecule has 0 aliphatic heterocycles. The molecule has 2 aromatic rings. The van der Waals surface area contributed by atoms with Gasteiger partial charge in [0.05, 0.1) is 12.1 Å². The topological polar surface area (TPSA) is 80.3 Å². The van der Waals surface area contributed by atoms with Crippen molar-refractivity contribution < 1.29 is 14.3 Å². The number of methoxy groups -OCH3 is 1. The normalized spacial score (nSPS) is 13.0. The highest BCUT2D eigenvalue weighted by Gasteiger charge is 2.17. The largest absolute Gasteiger partial charge is 0.377 e. The number of rotatable bonds is 5. The van der Waals surface area contributed by atoms with Crippen molar-refractivity contribution in [1.82, 2.24) is 10.3 Å². The number of pyridine rings is 1. The molecule has 0 aliphatic carbocycles. The lowest BCUT2D eigenvalue weighted by molar-refractivity contribution is -0.136. The van der Waals surface area contributed by atoms with E-state index in [9.17, 15) is 9.59 Å². The van der Waals surface area contributed by atoms with Gasteiger partial charge in [-0.3, -0.25) is 14.6 Å². The van der Waals surface area contributed by atoms with Crippen molar-refractivity contribution in [1.29, 1.82) is 0 Å². The Labute approximate surface area is 141 Å². The number of carbonyl (C=O) groups excluding carboxylic acids is 2. The van der Waals surface area contributed by atoms with E-state index in [2.05, 4.69) is 15.6 Å². The van der Waals surface area contributed by atoms with Crippen molar-refractivity contribution in [2.75, 3.05) is 12.4 Å². The third-order valence-corrected chi connectivity index (χ3v) is 3.71. The maximum absolute atomic E-state index is 12.1. The van der Waals surface area contributed by atoms with Crippen LogP contribution in [0.15, 0.2) is 48.8 Å². The number of ether oxygens (including phenoxy) is 1. The van der Waals surface area contributed by atoms with E-state index in [1.165, 1.54) is 0 Å². The quantitative estimate of drug-likeness (QED) is 0.827. The van der Waals surface area contributed by atoms with Crippen LogP contribution in [-0.4, -0.2) is 23.9 Å². The van der Waals surface area contributed by atoms with Gasteiger partial charge in [-0.25, -0.2) is 0 Å². The first-order chi connectivity index (χ1) is 11.5. The Hall–Kier alpha value is -2.73. The molecular formula is C18H21N3O3. The van der Waals surface area contributed by atoms with Crippen molar-refractivity contribution in [3.63, 3.8) is 0 Å². The molecule has 1 heterocycles.